The maximum atomic E-state index is 12.8. The molecule has 2 aromatic carbocycles. The highest BCUT2D eigenvalue weighted by Crippen LogP contribution is 2.42. The second-order valence-corrected chi connectivity index (χ2v) is 8.51. The summed E-state index contributed by atoms with van der Waals surface area (Å²) >= 11 is 0. The van der Waals surface area contributed by atoms with E-state index in [0.717, 1.165) is 5.69 Å². The maximum Gasteiger partial charge on any atom is 0.261 e. The summed E-state index contributed by atoms with van der Waals surface area (Å²) in [4.78, 5) is 25.3. The van der Waals surface area contributed by atoms with E-state index in [9.17, 15) is 14.7 Å². The summed E-state index contributed by atoms with van der Waals surface area (Å²) in [6, 6.07) is 11.5. The van der Waals surface area contributed by atoms with E-state index in [2.05, 4.69) is 20.9 Å². The number of carbonyl (C=O) groups is 2. The molecule has 4 rings (SSSR count). The molecule has 1 aromatic heterocycles. The SMILES string of the molecule is C[C@@H](/C=C/CCn1cc(CCO)nn1)[C@]1(O)C(=O)Nc2ccc(NC(=O)c3ccc(N)cc3)cc21. The molecule has 1 aliphatic heterocycles. The second-order valence-electron chi connectivity index (χ2n) is 8.51. The molecule has 1 aliphatic rings. The number of aliphatic hydroxyl groups excluding tert-OH is 1. The van der Waals surface area contributed by atoms with Crippen LogP contribution in [0.3, 0.4) is 0 Å². The van der Waals surface area contributed by atoms with Gasteiger partial charge >= 0.3 is 0 Å². The number of allylic oxidation sites excluding steroid dienone is 1. The van der Waals surface area contributed by atoms with Crippen molar-refractivity contribution < 1.29 is 19.8 Å². The first-order valence-electron chi connectivity index (χ1n) is 11.3. The minimum atomic E-state index is -1.78. The Bertz CT molecular complexity index is 1250. The molecule has 35 heavy (non-hydrogen) atoms. The lowest BCUT2D eigenvalue weighted by atomic mass is 9.82. The molecular formula is C25H28N6O4. The number of nitrogens with one attached hydrogen (secondary N) is 2. The number of hydrogen-bond acceptors (Lipinski definition) is 7. The Morgan fingerprint density at radius 1 is 1.29 bits per heavy atom. The van der Waals surface area contributed by atoms with Gasteiger partial charge in [-0.15, -0.1) is 5.10 Å². The van der Waals surface area contributed by atoms with Crippen LogP contribution in [-0.2, 0) is 23.4 Å². The van der Waals surface area contributed by atoms with E-state index in [4.69, 9.17) is 10.8 Å². The third-order valence-corrected chi connectivity index (χ3v) is 6.02. The number of fused-ring (bicyclic) bond motifs is 1. The van der Waals surface area contributed by atoms with Gasteiger partial charge in [0.2, 0.25) is 0 Å². The van der Waals surface area contributed by atoms with Crippen LogP contribution in [0.25, 0.3) is 0 Å². The van der Waals surface area contributed by atoms with Gasteiger partial charge < -0.3 is 26.6 Å². The van der Waals surface area contributed by atoms with Gasteiger partial charge in [0.1, 0.15) is 0 Å². The fraction of sp³-hybridized carbons (Fsp3) is 0.280. The number of aromatic nitrogens is 3. The summed E-state index contributed by atoms with van der Waals surface area (Å²) in [5, 5.41) is 33.9. The van der Waals surface area contributed by atoms with Crippen molar-refractivity contribution >= 4 is 28.9 Å². The first kappa shape index (κ1) is 24.1. The highest BCUT2D eigenvalue weighted by atomic mass is 16.3. The molecule has 0 radical (unpaired) electrons. The van der Waals surface area contributed by atoms with Crippen LogP contribution >= 0.6 is 0 Å². The van der Waals surface area contributed by atoms with Gasteiger partial charge in [-0.2, -0.15) is 0 Å². The fourth-order valence-electron chi connectivity index (χ4n) is 4.00. The Balaban J connectivity index is 1.45. The molecular weight excluding hydrogens is 448 g/mol. The van der Waals surface area contributed by atoms with Crippen LogP contribution in [0, 0.1) is 5.92 Å². The van der Waals surface area contributed by atoms with Gasteiger partial charge in [0, 0.05) is 59.9 Å². The number of rotatable bonds is 9. The van der Waals surface area contributed by atoms with E-state index < -0.39 is 17.4 Å². The van der Waals surface area contributed by atoms with Gasteiger partial charge in [0.05, 0.1) is 5.69 Å². The first-order chi connectivity index (χ1) is 16.8. The number of anilines is 3. The Morgan fingerprint density at radius 2 is 2.06 bits per heavy atom. The van der Waals surface area contributed by atoms with Crippen LogP contribution in [0.4, 0.5) is 17.1 Å². The first-order valence-corrected chi connectivity index (χ1v) is 11.3. The highest BCUT2D eigenvalue weighted by Gasteiger charge is 2.48. The standard InChI is InChI=1S/C25H28N6O4/c1-16(4-2-3-12-31-15-20(11-13-32)29-30-31)25(35)21-14-19(9-10-22(21)28-24(25)34)27-23(33)17-5-7-18(26)8-6-17/h2,4-10,14-16,32,35H,3,11-13,26H2,1H3,(H,27,33)(H,28,34)/b4-2+/t16-,25+/m0/s1. The molecule has 0 saturated carbocycles. The van der Waals surface area contributed by atoms with Crippen LogP contribution < -0.4 is 16.4 Å². The average Bonchev–Trinajstić information content (AvgIpc) is 3.39. The topological polar surface area (TPSA) is 155 Å². The van der Waals surface area contributed by atoms with Gasteiger partial charge in [-0.25, -0.2) is 0 Å². The predicted octanol–water partition coefficient (Wildman–Crippen LogP) is 2.07. The van der Waals surface area contributed by atoms with E-state index in [1.807, 2.05) is 6.08 Å². The monoisotopic (exact) mass is 476 g/mol. The van der Waals surface area contributed by atoms with Crippen molar-refractivity contribution in [3.05, 3.63) is 77.6 Å². The Hall–Kier alpha value is -4.02. The molecule has 10 heteroatoms. The van der Waals surface area contributed by atoms with Crippen LogP contribution in [0.5, 0.6) is 0 Å². The predicted molar refractivity (Wildman–Crippen MR) is 132 cm³/mol. The molecule has 3 aromatic rings. The zero-order chi connectivity index (χ0) is 25.0. The fourth-order valence-corrected chi connectivity index (χ4v) is 4.00. The number of aryl methyl sites for hydroxylation is 1. The van der Waals surface area contributed by atoms with E-state index in [1.165, 1.54) is 0 Å². The van der Waals surface area contributed by atoms with E-state index in [1.54, 1.807) is 66.3 Å². The summed E-state index contributed by atoms with van der Waals surface area (Å²) in [5.74, 6) is -1.38. The average molecular weight is 477 g/mol. The number of amides is 2. The van der Waals surface area contributed by atoms with Crippen LogP contribution in [0.15, 0.2) is 60.8 Å². The smallest absolute Gasteiger partial charge is 0.261 e. The van der Waals surface area contributed by atoms with Crippen LogP contribution in [0.2, 0.25) is 0 Å². The molecule has 0 aliphatic carbocycles. The molecule has 0 fully saturated rings. The molecule has 182 valence electrons. The quantitative estimate of drug-likeness (QED) is 0.234. The van der Waals surface area contributed by atoms with Crippen molar-refractivity contribution in [2.45, 2.75) is 31.9 Å². The van der Waals surface area contributed by atoms with Crippen molar-refractivity contribution in [3.63, 3.8) is 0 Å². The van der Waals surface area contributed by atoms with Crippen LogP contribution in [0.1, 0.15) is 35.0 Å². The number of nitrogen functional groups attached to an aromatic ring is 1. The molecule has 2 atom stereocenters. The van der Waals surface area contributed by atoms with E-state index in [-0.39, 0.29) is 12.5 Å². The number of hydrogen-bond donors (Lipinski definition) is 5. The Labute approximate surface area is 202 Å². The summed E-state index contributed by atoms with van der Waals surface area (Å²) in [6.45, 7) is 2.36. The third-order valence-electron chi connectivity index (χ3n) is 6.02. The highest BCUT2D eigenvalue weighted by molar-refractivity contribution is 6.07. The number of nitrogens with zero attached hydrogens (tertiary/aromatic N) is 3. The van der Waals surface area contributed by atoms with Crippen molar-refractivity contribution in [3.8, 4) is 0 Å². The van der Waals surface area contributed by atoms with Gasteiger partial charge in [-0.3, -0.25) is 14.3 Å². The van der Waals surface area contributed by atoms with Crippen molar-refractivity contribution in [2.75, 3.05) is 23.0 Å². The Morgan fingerprint density at radius 3 is 2.80 bits per heavy atom. The normalized spacial score (nSPS) is 17.9. The lowest BCUT2D eigenvalue weighted by Gasteiger charge is -2.26. The zero-order valence-corrected chi connectivity index (χ0v) is 19.3. The largest absolute Gasteiger partial charge is 0.399 e. The van der Waals surface area contributed by atoms with Gasteiger partial charge in [-0.1, -0.05) is 24.3 Å². The minimum absolute atomic E-state index is 0.0189. The van der Waals surface area contributed by atoms with Crippen LogP contribution in [-0.4, -0.2) is 43.6 Å². The molecule has 6 N–H and O–H groups in total. The van der Waals surface area contributed by atoms with E-state index >= 15 is 0 Å². The van der Waals surface area contributed by atoms with Gasteiger partial charge in [0.15, 0.2) is 5.60 Å². The molecule has 0 saturated heterocycles. The second kappa shape index (κ2) is 10.1. The van der Waals surface area contributed by atoms with E-state index in [0.29, 0.717) is 47.6 Å². The number of aliphatic hydroxyl groups is 2. The summed E-state index contributed by atoms with van der Waals surface area (Å²) < 4.78 is 1.68. The minimum Gasteiger partial charge on any atom is -0.399 e. The maximum absolute atomic E-state index is 12.8. The lowest BCUT2D eigenvalue weighted by Crippen LogP contribution is -2.39. The van der Waals surface area contributed by atoms with Crippen molar-refractivity contribution in [2.24, 2.45) is 5.92 Å². The Kier molecular flexibility index (Phi) is 6.94. The molecule has 0 spiro atoms. The molecule has 2 heterocycles. The van der Waals surface area contributed by atoms with Crippen molar-refractivity contribution in [1.82, 2.24) is 15.0 Å². The summed E-state index contributed by atoms with van der Waals surface area (Å²) in [6.07, 6.45) is 6.53. The third kappa shape index (κ3) is 5.08. The molecule has 0 unspecified atom stereocenters. The summed E-state index contributed by atoms with van der Waals surface area (Å²) in [5.41, 5.74) is 6.98. The molecule has 0 bridgehead atoms. The number of nitrogens with two attached hydrogens (primary N) is 1. The molecule has 10 nitrogen and oxygen atoms in total. The number of benzene rings is 2. The van der Waals surface area contributed by atoms with Crippen molar-refractivity contribution in [1.29, 1.82) is 0 Å². The van der Waals surface area contributed by atoms with Gasteiger partial charge in [-0.05, 0) is 48.9 Å². The number of carbonyl (C=O) groups excluding carboxylic acids is 2. The summed E-state index contributed by atoms with van der Waals surface area (Å²) in [7, 11) is 0. The molecule has 2 amide bonds. The van der Waals surface area contributed by atoms with Gasteiger partial charge in [0.25, 0.3) is 11.8 Å². The lowest BCUT2D eigenvalue weighted by molar-refractivity contribution is -0.137. The zero-order valence-electron chi connectivity index (χ0n) is 19.3.